The van der Waals surface area contributed by atoms with Crippen molar-refractivity contribution >= 4 is 11.6 Å². The molecule has 27 heavy (non-hydrogen) atoms. The molecule has 0 bridgehead atoms. The largest absolute Gasteiger partial charge is 0.435 e. The highest BCUT2D eigenvalue weighted by Gasteiger charge is 2.35. The van der Waals surface area contributed by atoms with E-state index in [1.807, 2.05) is 0 Å². The molecule has 2 heterocycles. The number of halogens is 3. The molecule has 0 saturated carbocycles. The van der Waals surface area contributed by atoms with Gasteiger partial charge in [-0.2, -0.15) is 23.4 Å². The quantitative estimate of drug-likeness (QED) is 0.603. The van der Waals surface area contributed by atoms with Crippen LogP contribution in [0.15, 0.2) is 6.07 Å². The lowest BCUT2D eigenvalue weighted by atomic mass is 10.3. The van der Waals surface area contributed by atoms with Gasteiger partial charge in [0.25, 0.3) is 0 Å². The Hall–Kier alpha value is -2.92. The summed E-state index contributed by atoms with van der Waals surface area (Å²) in [7, 11) is 0. The van der Waals surface area contributed by atoms with Gasteiger partial charge in [-0.3, -0.25) is 24.3 Å². The van der Waals surface area contributed by atoms with Gasteiger partial charge in [-0.05, 0) is 33.8 Å². The van der Waals surface area contributed by atoms with E-state index in [4.69, 9.17) is 0 Å². The fraction of sp³-hybridized carbons (Fsp3) is 0.533. The molecule has 148 valence electrons. The van der Waals surface area contributed by atoms with E-state index in [2.05, 4.69) is 15.5 Å². The summed E-state index contributed by atoms with van der Waals surface area (Å²) in [5, 5.41) is 21.1. The molecule has 0 saturated heterocycles. The van der Waals surface area contributed by atoms with Crippen molar-refractivity contribution in [2.75, 3.05) is 6.54 Å². The lowest BCUT2D eigenvalue weighted by Crippen LogP contribution is -2.34. The second kappa shape index (κ2) is 7.37. The zero-order chi connectivity index (χ0) is 20.5. The van der Waals surface area contributed by atoms with Gasteiger partial charge in [0.05, 0.1) is 11.5 Å². The van der Waals surface area contributed by atoms with Crippen molar-refractivity contribution in [1.29, 1.82) is 0 Å². The highest BCUT2D eigenvalue weighted by molar-refractivity contribution is 5.79. The molecule has 0 aromatic carbocycles. The predicted octanol–water partition coefficient (Wildman–Crippen LogP) is 2.31. The summed E-state index contributed by atoms with van der Waals surface area (Å²) >= 11 is 0. The van der Waals surface area contributed by atoms with Crippen molar-refractivity contribution in [2.24, 2.45) is 0 Å². The van der Waals surface area contributed by atoms with Crippen LogP contribution in [0.5, 0.6) is 0 Å². The van der Waals surface area contributed by atoms with Crippen LogP contribution in [0.3, 0.4) is 0 Å². The maximum atomic E-state index is 12.7. The van der Waals surface area contributed by atoms with Gasteiger partial charge < -0.3 is 5.32 Å². The topological polar surface area (TPSA) is 108 Å². The molecule has 2 aromatic rings. The minimum Gasteiger partial charge on any atom is -0.352 e. The number of nitrogens with zero attached hydrogens (tertiary/aromatic N) is 5. The number of carbonyl (C=O) groups is 1. The number of amides is 1. The van der Waals surface area contributed by atoms with E-state index < -0.39 is 28.7 Å². The predicted molar refractivity (Wildman–Crippen MR) is 88.0 cm³/mol. The molecule has 0 aliphatic rings. The van der Waals surface area contributed by atoms with Crippen molar-refractivity contribution in [3.8, 4) is 0 Å². The van der Waals surface area contributed by atoms with Gasteiger partial charge in [0, 0.05) is 12.2 Å². The lowest BCUT2D eigenvalue weighted by Gasteiger charge is -2.14. The highest BCUT2D eigenvalue weighted by atomic mass is 19.4. The Morgan fingerprint density at radius 3 is 2.44 bits per heavy atom. The van der Waals surface area contributed by atoms with Crippen LogP contribution in [-0.2, 0) is 17.5 Å². The van der Waals surface area contributed by atoms with Crippen molar-refractivity contribution < 1.29 is 22.9 Å². The molecule has 0 spiro atoms. The molecule has 0 aliphatic heterocycles. The maximum absolute atomic E-state index is 12.7. The number of carbonyl (C=O) groups excluding carboxylic acids is 1. The molecular formula is C15H19F3N6O3. The minimum absolute atomic E-state index is 0.0819. The molecule has 2 rings (SSSR count). The third-order valence-corrected chi connectivity index (χ3v) is 4.11. The van der Waals surface area contributed by atoms with E-state index in [0.717, 1.165) is 10.7 Å². The Morgan fingerprint density at radius 1 is 1.33 bits per heavy atom. The number of hydrogen-bond acceptors (Lipinski definition) is 5. The molecule has 1 unspecified atom stereocenters. The summed E-state index contributed by atoms with van der Waals surface area (Å²) in [6.45, 7) is 6.22. The number of hydrogen-bond donors (Lipinski definition) is 1. The van der Waals surface area contributed by atoms with Crippen LogP contribution in [-0.4, -0.2) is 36.9 Å². The summed E-state index contributed by atoms with van der Waals surface area (Å²) in [5.41, 5.74) is -0.308. The minimum atomic E-state index is -4.59. The number of aryl methyl sites for hydroxylation is 2. The van der Waals surface area contributed by atoms with Crippen molar-refractivity contribution in [1.82, 2.24) is 24.9 Å². The van der Waals surface area contributed by atoms with Gasteiger partial charge in [-0.15, -0.1) is 0 Å². The first-order valence-corrected chi connectivity index (χ1v) is 8.03. The van der Waals surface area contributed by atoms with Gasteiger partial charge >= 0.3 is 11.9 Å². The normalized spacial score (nSPS) is 12.9. The molecule has 9 nitrogen and oxygen atoms in total. The fourth-order valence-corrected chi connectivity index (χ4v) is 2.73. The molecule has 1 N–H and O–H groups in total. The van der Waals surface area contributed by atoms with Crippen LogP contribution in [0, 0.1) is 30.9 Å². The van der Waals surface area contributed by atoms with E-state index in [1.165, 1.54) is 25.5 Å². The number of alkyl halides is 3. The SMILES string of the molecule is Cc1nn(CCNC(=O)C(C)n2nc(C(F)(F)F)cc2C)c(C)c1[N+](=O)[O-]. The third-order valence-electron chi connectivity index (χ3n) is 4.11. The lowest BCUT2D eigenvalue weighted by molar-refractivity contribution is -0.386. The van der Waals surface area contributed by atoms with E-state index in [9.17, 15) is 28.1 Å². The van der Waals surface area contributed by atoms with Crippen LogP contribution < -0.4 is 5.32 Å². The Balaban J connectivity index is 2.01. The molecule has 0 fully saturated rings. The summed E-state index contributed by atoms with van der Waals surface area (Å²) in [6.07, 6.45) is -4.59. The van der Waals surface area contributed by atoms with E-state index in [-0.39, 0.29) is 30.2 Å². The average molecular weight is 388 g/mol. The number of nitro groups is 1. The smallest absolute Gasteiger partial charge is 0.352 e. The first-order valence-electron chi connectivity index (χ1n) is 8.03. The fourth-order valence-electron chi connectivity index (χ4n) is 2.73. The van der Waals surface area contributed by atoms with Crippen LogP contribution in [0.2, 0.25) is 0 Å². The summed E-state index contributed by atoms with van der Waals surface area (Å²) < 4.78 is 40.6. The molecule has 1 atom stereocenters. The van der Waals surface area contributed by atoms with Crippen molar-refractivity contribution in [3.63, 3.8) is 0 Å². The molecule has 2 aromatic heterocycles. The van der Waals surface area contributed by atoms with Gasteiger partial charge in [-0.1, -0.05) is 0 Å². The maximum Gasteiger partial charge on any atom is 0.435 e. The molecular weight excluding hydrogens is 369 g/mol. The standard InChI is InChI=1S/C15H19F3N6O3/c1-8-7-12(15(16,17)18)21-23(8)11(4)14(25)19-5-6-22-10(3)13(24(26)27)9(2)20-22/h7,11H,5-6H2,1-4H3,(H,19,25). The summed E-state index contributed by atoms with van der Waals surface area (Å²) in [5.74, 6) is -0.522. The van der Waals surface area contributed by atoms with Gasteiger partial charge in [0.15, 0.2) is 5.69 Å². The third kappa shape index (κ3) is 4.26. The van der Waals surface area contributed by atoms with Crippen molar-refractivity contribution in [2.45, 2.75) is 46.5 Å². The van der Waals surface area contributed by atoms with Gasteiger partial charge in [0.1, 0.15) is 17.4 Å². The van der Waals surface area contributed by atoms with Gasteiger partial charge in [0.2, 0.25) is 5.91 Å². The number of nitrogens with one attached hydrogen (secondary N) is 1. The molecule has 12 heteroatoms. The van der Waals surface area contributed by atoms with E-state index in [0.29, 0.717) is 5.69 Å². The second-order valence-electron chi connectivity index (χ2n) is 6.08. The Labute approximate surface area is 152 Å². The molecule has 0 aliphatic carbocycles. The average Bonchev–Trinajstić information content (AvgIpc) is 3.06. The van der Waals surface area contributed by atoms with Gasteiger partial charge in [-0.25, -0.2) is 0 Å². The van der Waals surface area contributed by atoms with E-state index >= 15 is 0 Å². The zero-order valence-corrected chi connectivity index (χ0v) is 15.2. The molecule has 0 radical (unpaired) electrons. The van der Waals surface area contributed by atoms with Crippen LogP contribution in [0.1, 0.15) is 35.7 Å². The molecule has 1 amide bonds. The summed E-state index contributed by atoms with van der Waals surface area (Å²) in [4.78, 5) is 22.7. The first kappa shape index (κ1) is 20.4. The Kier molecular flexibility index (Phi) is 5.56. The highest BCUT2D eigenvalue weighted by Crippen LogP contribution is 2.29. The Bertz CT molecular complexity index is 871. The van der Waals surface area contributed by atoms with Crippen LogP contribution in [0.25, 0.3) is 0 Å². The Morgan fingerprint density at radius 2 is 1.96 bits per heavy atom. The van der Waals surface area contributed by atoms with Crippen LogP contribution in [0.4, 0.5) is 18.9 Å². The van der Waals surface area contributed by atoms with Crippen molar-refractivity contribution in [3.05, 3.63) is 39.0 Å². The zero-order valence-electron chi connectivity index (χ0n) is 15.2. The van der Waals surface area contributed by atoms with E-state index in [1.54, 1.807) is 6.92 Å². The summed E-state index contributed by atoms with van der Waals surface area (Å²) in [6, 6.07) is -0.0745. The number of aromatic nitrogens is 4. The second-order valence-corrected chi connectivity index (χ2v) is 6.08. The monoisotopic (exact) mass is 388 g/mol. The van der Waals surface area contributed by atoms with Crippen LogP contribution >= 0.6 is 0 Å². The first-order chi connectivity index (χ1) is 12.4. The number of rotatable bonds is 6.